The van der Waals surface area contributed by atoms with Crippen molar-refractivity contribution in [1.29, 1.82) is 0 Å². The van der Waals surface area contributed by atoms with Crippen molar-refractivity contribution in [2.75, 3.05) is 5.32 Å². The topological polar surface area (TPSA) is 41.1 Å². The van der Waals surface area contributed by atoms with Gasteiger partial charge in [-0.05, 0) is 43.5 Å². The van der Waals surface area contributed by atoms with E-state index in [2.05, 4.69) is 40.4 Å². The first-order chi connectivity index (χ1) is 7.90. The largest absolute Gasteiger partial charge is 0.335 e. The molecule has 1 aromatic carbocycles. The SMILES string of the molecule is Cc1cc(Br)ccc1NC(=O)NC(C)C(C)C. The molecule has 3 nitrogen and oxygen atoms in total. The highest BCUT2D eigenvalue weighted by molar-refractivity contribution is 9.10. The second-order valence-electron chi connectivity index (χ2n) is 4.59. The summed E-state index contributed by atoms with van der Waals surface area (Å²) in [6, 6.07) is 5.78. The summed E-state index contributed by atoms with van der Waals surface area (Å²) in [5, 5.41) is 5.76. The van der Waals surface area contributed by atoms with Crippen LogP contribution in [0.5, 0.6) is 0 Å². The molecule has 0 bridgehead atoms. The number of benzene rings is 1. The average Bonchev–Trinajstić information content (AvgIpc) is 2.22. The Morgan fingerprint density at radius 2 is 1.94 bits per heavy atom. The molecule has 1 unspecified atom stereocenters. The molecule has 0 saturated carbocycles. The number of urea groups is 1. The van der Waals surface area contributed by atoms with E-state index in [1.807, 2.05) is 32.0 Å². The van der Waals surface area contributed by atoms with E-state index in [1.165, 1.54) is 0 Å². The molecule has 17 heavy (non-hydrogen) atoms. The van der Waals surface area contributed by atoms with E-state index < -0.39 is 0 Å². The first-order valence-corrected chi connectivity index (χ1v) is 6.53. The Hall–Kier alpha value is -1.03. The molecule has 0 aromatic heterocycles. The van der Waals surface area contributed by atoms with Gasteiger partial charge in [-0.25, -0.2) is 4.79 Å². The molecule has 0 aliphatic rings. The van der Waals surface area contributed by atoms with Crippen LogP contribution in [0.1, 0.15) is 26.3 Å². The maximum absolute atomic E-state index is 11.7. The molecule has 94 valence electrons. The highest BCUT2D eigenvalue weighted by Gasteiger charge is 2.11. The van der Waals surface area contributed by atoms with Crippen molar-refractivity contribution in [1.82, 2.24) is 5.32 Å². The molecular formula is C13H19BrN2O. The van der Waals surface area contributed by atoms with Gasteiger partial charge in [0.25, 0.3) is 0 Å². The minimum Gasteiger partial charge on any atom is -0.335 e. The van der Waals surface area contributed by atoms with Crippen LogP contribution in [0.4, 0.5) is 10.5 Å². The number of anilines is 1. The lowest BCUT2D eigenvalue weighted by Gasteiger charge is -2.18. The van der Waals surface area contributed by atoms with Gasteiger partial charge >= 0.3 is 6.03 Å². The third-order valence-corrected chi connectivity index (χ3v) is 3.29. The smallest absolute Gasteiger partial charge is 0.319 e. The summed E-state index contributed by atoms with van der Waals surface area (Å²) in [5.74, 6) is 0.423. The predicted octanol–water partition coefficient (Wildman–Crippen LogP) is 3.92. The van der Waals surface area contributed by atoms with Crippen LogP contribution in [0.3, 0.4) is 0 Å². The lowest BCUT2D eigenvalue weighted by molar-refractivity contribution is 0.246. The molecule has 1 aromatic rings. The van der Waals surface area contributed by atoms with Crippen molar-refractivity contribution in [3.8, 4) is 0 Å². The Labute approximate surface area is 111 Å². The van der Waals surface area contributed by atoms with Crippen LogP contribution in [-0.4, -0.2) is 12.1 Å². The Morgan fingerprint density at radius 3 is 2.47 bits per heavy atom. The summed E-state index contributed by atoms with van der Waals surface area (Å²) < 4.78 is 1.01. The highest BCUT2D eigenvalue weighted by Crippen LogP contribution is 2.19. The van der Waals surface area contributed by atoms with Crippen LogP contribution < -0.4 is 10.6 Å². The number of hydrogen-bond donors (Lipinski definition) is 2. The van der Waals surface area contributed by atoms with Gasteiger partial charge in [0.2, 0.25) is 0 Å². The number of rotatable bonds is 3. The first-order valence-electron chi connectivity index (χ1n) is 5.74. The second kappa shape index (κ2) is 6.05. The highest BCUT2D eigenvalue weighted by atomic mass is 79.9. The fourth-order valence-electron chi connectivity index (χ4n) is 1.30. The van der Waals surface area contributed by atoms with Crippen molar-refractivity contribution < 1.29 is 4.79 Å². The second-order valence-corrected chi connectivity index (χ2v) is 5.51. The van der Waals surface area contributed by atoms with E-state index in [4.69, 9.17) is 0 Å². The zero-order valence-corrected chi connectivity index (χ0v) is 12.3. The molecule has 2 amide bonds. The first kappa shape index (κ1) is 14.0. The standard InChI is InChI=1S/C13H19BrN2O/c1-8(2)10(4)15-13(17)16-12-6-5-11(14)7-9(12)3/h5-8,10H,1-4H3,(H2,15,16,17). The number of nitrogens with one attached hydrogen (secondary N) is 2. The molecule has 1 rings (SSSR count). The predicted molar refractivity (Wildman–Crippen MR) is 75.3 cm³/mol. The van der Waals surface area contributed by atoms with Crippen LogP contribution in [0.25, 0.3) is 0 Å². The maximum atomic E-state index is 11.7. The molecular weight excluding hydrogens is 280 g/mol. The number of halogens is 1. The number of hydrogen-bond acceptors (Lipinski definition) is 1. The molecule has 0 spiro atoms. The van der Waals surface area contributed by atoms with E-state index in [-0.39, 0.29) is 12.1 Å². The summed E-state index contributed by atoms with van der Waals surface area (Å²) in [6.45, 7) is 8.12. The summed E-state index contributed by atoms with van der Waals surface area (Å²) >= 11 is 3.39. The molecule has 0 aliphatic carbocycles. The molecule has 1 atom stereocenters. The maximum Gasteiger partial charge on any atom is 0.319 e. The van der Waals surface area contributed by atoms with Gasteiger partial charge < -0.3 is 10.6 Å². The third kappa shape index (κ3) is 4.38. The zero-order valence-electron chi connectivity index (χ0n) is 10.7. The molecule has 2 N–H and O–H groups in total. The molecule has 0 saturated heterocycles. The van der Waals surface area contributed by atoms with E-state index in [0.717, 1.165) is 15.7 Å². The monoisotopic (exact) mass is 298 g/mol. The van der Waals surface area contributed by atoms with Crippen molar-refractivity contribution in [2.24, 2.45) is 5.92 Å². The Bertz CT molecular complexity index is 404. The summed E-state index contributed by atoms with van der Waals surface area (Å²) in [5.41, 5.74) is 1.87. The van der Waals surface area contributed by atoms with Gasteiger partial charge in [0.15, 0.2) is 0 Å². The van der Waals surface area contributed by atoms with Crippen LogP contribution in [0.2, 0.25) is 0 Å². The number of carbonyl (C=O) groups is 1. The van der Waals surface area contributed by atoms with E-state index in [1.54, 1.807) is 0 Å². The van der Waals surface area contributed by atoms with Crippen LogP contribution in [0.15, 0.2) is 22.7 Å². The van der Waals surface area contributed by atoms with Crippen LogP contribution in [0, 0.1) is 12.8 Å². The van der Waals surface area contributed by atoms with Crippen LogP contribution in [-0.2, 0) is 0 Å². The molecule has 4 heteroatoms. The van der Waals surface area contributed by atoms with Crippen molar-refractivity contribution in [3.05, 3.63) is 28.2 Å². The van der Waals surface area contributed by atoms with Crippen LogP contribution >= 0.6 is 15.9 Å². The fraction of sp³-hybridized carbons (Fsp3) is 0.462. The molecule has 0 fully saturated rings. The van der Waals surface area contributed by atoms with Crippen molar-refractivity contribution in [3.63, 3.8) is 0 Å². The van der Waals surface area contributed by atoms with Gasteiger partial charge in [-0.3, -0.25) is 0 Å². The number of amides is 2. The van der Waals surface area contributed by atoms with Gasteiger partial charge in [-0.1, -0.05) is 29.8 Å². The number of aryl methyl sites for hydroxylation is 1. The lowest BCUT2D eigenvalue weighted by atomic mass is 10.1. The van der Waals surface area contributed by atoms with Gasteiger partial charge in [-0.2, -0.15) is 0 Å². The summed E-state index contributed by atoms with van der Waals surface area (Å²) in [7, 11) is 0. The summed E-state index contributed by atoms with van der Waals surface area (Å²) in [6.07, 6.45) is 0. The van der Waals surface area contributed by atoms with E-state index in [9.17, 15) is 4.79 Å². The normalized spacial score (nSPS) is 12.4. The lowest BCUT2D eigenvalue weighted by Crippen LogP contribution is -2.39. The average molecular weight is 299 g/mol. The number of carbonyl (C=O) groups excluding carboxylic acids is 1. The quantitative estimate of drug-likeness (QED) is 0.872. The minimum absolute atomic E-state index is 0.156. The molecule has 0 radical (unpaired) electrons. The van der Waals surface area contributed by atoms with E-state index >= 15 is 0 Å². The Morgan fingerprint density at radius 1 is 1.29 bits per heavy atom. The van der Waals surface area contributed by atoms with Gasteiger partial charge in [-0.15, -0.1) is 0 Å². The van der Waals surface area contributed by atoms with E-state index in [0.29, 0.717) is 5.92 Å². The Kier molecular flexibility index (Phi) is 5.00. The van der Waals surface area contributed by atoms with Gasteiger partial charge in [0.1, 0.15) is 0 Å². The fourth-order valence-corrected chi connectivity index (χ4v) is 1.77. The molecule has 0 heterocycles. The van der Waals surface area contributed by atoms with Gasteiger partial charge in [0, 0.05) is 16.2 Å². The minimum atomic E-state index is -0.156. The third-order valence-electron chi connectivity index (χ3n) is 2.80. The van der Waals surface area contributed by atoms with Gasteiger partial charge in [0.05, 0.1) is 0 Å². The van der Waals surface area contributed by atoms with Crippen molar-refractivity contribution in [2.45, 2.75) is 33.7 Å². The van der Waals surface area contributed by atoms with Crippen molar-refractivity contribution >= 4 is 27.6 Å². The molecule has 0 aliphatic heterocycles. The zero-order chi connectivity index (χ0) is 13.0. The Balaban J connectivity index is 2.62. The summed E-state index contributed by atoms with van der Waals surface area (Å²) in [4.78, 5) is 11.7.